The highest BCUT2D eigenvalue weighted by atomic mass is 16.5. The molecule has 0 aliphatic carbocycles. The fourth-order valence-electron chi connectivity index (χ4n) is 5.65. The number of anilines is 4. The van der Waals surface area contributed by atoms with Crippen molar-refractivity contribution >= 4 is 34.3 Å². The second-order valence-corrected chi connectivity index (χ2v) is 13.3. The predicted molar refractivity (Wildman–Crippen MR) is 170 cm³/mol. The number of fused-ring (bicyclic) bond motifs is 1. The zero-order valence-electron chi connectivity index (χ0n) is 26.1. The Kier molecular flexibility index (Phi) is 7.62. The highest BCUT2D eigenvalue weighted by Crippen LogP contribution is 2.34. The van der Waals surface area contributed by atoms with Crippen LogP contribution in [0.25, 0.3) is 11.2 Å². The summed E-state index contributed by atoms with van der Waals surface area (Å²) in [6.07, 6.45) is 1.90. The molecule has 4 aromatic rings. The topological polar surface area (TPSA) is 71.3 Å². The van der Waals surface area contributed by atoms with Gasteiger partial charge in [0.1, 0.15) is 11.3 Å². The molecule has 0 atom stereocenters. The number of methoxy groups -OCH3 is 1. The second-order valence-electron chi connectivity index (χ2n) is 13.3. The third-order valence-electron chi connectivity index (χ3n) is 7.95. The molecule has 8 nitrogen and oxygen atoms in total. The summed E-state index contributed by atoms with van der Waals surface area (Å²) in [6.45, 7) is 21.2. The van der Waals surface area contributed by atoms with Crippen LogP contribution in [0.4, 0.5) is 23.1 Å². The van der Waals surface area contributed by atoms with Crippen LogP contribution in [0.5, 0.6) is 5.75 Å². The summed E-state index contributed by atoms with van der Waals surface area (Å²) in [5.74, 6) is 2.85. The molecular weight excluding hydrogens is 510 g/mol. The van der Waals surface area contributed by atoms with Crippen LogP contribution in [0.15, 0.2) is 48.8 Å². The Morgan fingerprint density at radius 3 is 2.39 bits per heavy atom. The molecule has 0 radical (unpaired) electrons. The number of piperazine rings is 1. The van der Waals surface area contributed by atoms with Crippen molar-refractivity contribution in [2.75, 3.05) is 41.9 Å². The minimum atomic E-state index is -0.132. The highest BCUT2D eigenvalue weighted by Gasteiger charge is 2.35. The maximum atomic E-state index is 5.37. The molecule has 1 saturated heterocycles. The Hall–Kier alpha value is -3.81. The van der Waals surface area contributed by atoms with Gasteiger partial charge in [0.05, 0.1) is 19.0 Å². The molecule has 0 unspecified atom stereocenters. The van der Waals surface area contributed by atoms with Crippen LogP contribution in [0.3, 0.4) is 0 Å². The van der Waals surface area contributed by atoms with E-state index in [1.807, 2.05) is 18.5 Å². The highest BCUT2D eigenvalue weighted by molar-refractivity contribution is 5.87. The molecule has 41 heavy (non-hydrogen) atoms. The molecule has 0 bridgehead atoms. The van der Waals surface area contributed by atoms with Crippen LogP contribution < -0.4 is 19.9 Å². The van der Waals surface area contributed by atoms with E-state index in [4.69, 9.17) is 19.7 Å². The molecule has 0 spiro atoms. The number of benzene rings is 2. The van der Waals surface area contributed by atoms with E-state index in [9.17, 15) is 0 Å². The van der Waals surface area contributed by atoms with Gasteiger partial charge in [-0.25, -0.2) is 4.98 Å². The van der Waals surface area contributed by atoms with Crippen molar-refractivity contribution < 1.29 is 4.74 Å². The summed E-state index contributed by atoms with van der Waals surface area (Å²) < 4.78 is 7.55. The zero-order valence-corrected chi connectivity index (χ0v) is 26.1. The normalized spacial score (nSPS) is 15.6. The summed E-state index contributed by atoms with van der Waals surface area (Å²) in [6, 6.07) is 15.0. The zero-order chi connectivity index (χ0) is 29.5. The number of rotatable bonds is 7. The van der Waals surface area contributed by atoms with Gasteiger partial charge in [-0.1, -0.05) is 46.8 Å². The Labute approximate surface area is 244 Å². The van der Waals surface area contributed by atoms with Gasteiger partial charge in [0, 0.05) is 37.6 Å². The lowest BCUT2D eigenvalue weighted by atomic mass is 9.86. The van der Waals surface area contributed by atoms with E-state index in [0.717, 1.165) is 54.6 Å². The van der Waals surface area contributed by atoms with Gasteiger partial charge in [-0.3, -0.25) is 0 Å². The first-order chi connectivity index (χ1) is 19.4. The van der Waals surface area contributed by atoms with Gasteiger partial charge in [-0.2, -0.15) is 9.97 Å². The third-order valence-corrected chi connectivity index (χ3v) is 7.95. The SMILES string of the molecule is COc1ccc(N2CCN(c3nc(Nc4cc(C(C)(C)C)ccc4C)c4c(ncn4CC(C)C)n3)CC2(C)C)cc1. The molecule has 1 fully saturated rings. The number of hydrogen-bond donors (Lipinski definition) is 1. The number of aromatic nitrogens is 4. The molecule has 1 aliphatic heterocycles. The quantitative estimate of drug-likeness (QED) is 0.265. The predicted octanol–water partition coefficient (Wildman–Crippen LogP) is 6.95. The molecule has 5 rings (SSSR count). The van der Waals surface area contributed by atoms with Gasteiger partial charge < -0.3 is 24.4 Å². The van der Waals surface area contributed by atoms with E-state index in [1.165, 1.54) is 16.8 Å². The van der Waals surface area contributed by atoms with Crippen LogP contribution in [0.2, 0.25) is 0 Å². The monoisotopic (exact) mass is 555 g/mol. The first kappa shape index (κ1) is 28.7. The van der Waals surface area contributed by atoms with Crippen LogP contribution >= 0.6 is 0 Å². The third kappa shape index (κ3) is 5.97. The number of imidazole rings is 1. The van der Waals surface area contributed by atoms with Crippen LogP contribution in [0.1, 0.15) is 59.6 Å². The largest absolute Gasteiger partial charge is 0.497 e. The average Bonchev–Trinajstić information content (AvgIpc) is 3.31. The minimum absolute atomic E-state index is 0.0465. The number of aryl methyl sites for hydroxylation is 1. The summed E-state index contributed by atoms with van der Waals surface area (Å²) in [4.78, 5) is 19.7. The van der Waals surface area contributed by atoms with Crippen molar-refractivity contribution in [3.63, 3.8) is 0 Å². The van der Waals surface area contributed by atoms with Gasteiger partial charge in [0.15, 0.2) is 11.5 Å². The van der Waals surface area contributed by atoms with Gasteiger partial charge in [-0.15, -0.1) is 0 Å². The van der Waals surface area contributed by atoms with E-state index in [2.05, 4.69) is 105 Å². The number of nitrogens with zero attached hydrogens (tertiary/aromatic N) is 6. The van der Waals surface area contributed by atoms with Crippen molar-refractivity contribution in [1.29, 1.82) is 0 Å². The standard InChI is InChI=1S/C33H45N7O/c1-22(2)19-39-21-34-29-28(39)30(35-27-18-24(32(4,5)6)11-10-23(27)3)37-31(36-29)38-16-17-40(33(7,8)20-38)25-12-14-26(41-9)15-13-25/h10-15,18,21-22H,16-17,19-20H2,1-9H3,(H,35,36,37). The van der Waals surface area contributed by atoms with Crippen molar-refractivity contribution in [3.05, 3.63) is 59.9 Å². The van der Waals surface area contributed by atoms with Crippen LogP contribution in [-0.4, -0.2) is 51.8 Å². The molecule has 2 aromatic heterocycles. The summed E-state index contributed by atoms with van der Waals surface area (Å²) in [7, 11) is 1.70. The lowest BCUT2D eigenvalue weighted by molar-refractivity contribution is 0.408. The maximum absolute atomic E-state index is 5.37. The number of hydrogen-bond acceptors (Lipinski definition) is 7. The summed E-state index contributed by atoms with van der Waals surface area (Å²) in [5.41, 5.74) is 6.29. The molecule has 1 aliphatic rings. The molecule has 0 amide bonds. The smallest absolute Gasteiger partial charge is 0.229 e. The van der Waals surface area contributed by atoms with Crippen molar-refractivity contribution in [2.45, 2.75) is 72.9 Å². The molecule has 1 N–H and O–H groups in total. The molecule has 218 valence electrons. The van der Waals surface area contributed by atoms with Gasteiger partial charge in [0.25, 0.3) is 0 Å². The molecule has 2 aromatic carbocycles. The molecule has 0 saturated carbocycles. The summed E-state index contributed by atoms with van der Waals surface area (Å²) in [5, 5.41) is 3.71. The lowest BCUT2D eigenvalue weighted by Crippen LogP contribution is -2.60. The van der Waals surface area contributed by atoms with Crippen LogP contribution in [-0.2, 0) is 12.0 Å². The average molecular weight is 556 g/mol. The first-order valence-corrected chi connectivity index (χ1v) is 14.6. The minimum Gasteiger partial charge on any atom is -0.497 e. The van der Waals surface area contributed by atoms with Crippen molar-refractivity contribution in [1.82, 2.24) is 19.5 Å². The van der Waals surface area contributed by atoms with E-state index < -0.39 is 0 Å². The fraction of sp³-hybridized carbons (Fsp3) is 0.485. The van der Waals surface area contributed by atoms with Gasteiger partial charge in [0.2, 0.25) is 5.95 Å². The Balaban J connectivity index is 1.51. The van der Waals surface area contributed by atoms with E-state index >= 15 is 0 Å². The number of ether oxygens (including phenoxy) is 1. The maximum Gasteiger partial charge on any atom is 0.229 e. The van der Waals surface area contributed by atoms with E-state index in [-0.39, 0.29) is 11.0 Å². The van der Waals surface area contributed by atoms with E-state index in [1.54, 1.807) is 7.11 Å². The first-order valence-electron chi connectivity index (χ1n) is 14.6. The van der Waals surface area contributed by atoms with E-state index in [0.29, 0.717) is 11.9 Å². The van der Waals surface area contributed by atoms with Gasteiger partial charge in [-0.05, 0) is 73.6 Å². The number of nitrogens with one attached hydrogen (secondary N) is 1. The molecular formula is C33H45N7O. The Morgan fingerprint density at radius 2 is 1.76 bits per heavy atom. The van der Waals surface area contributed by atoms with Crippen molar-refractivity contribution in [3.8, 4) is 5.75 Å². The fourth-order valence-corrected chi connectivity index (χ4v) is 5.65. The van der Waals surface area contributed by atoms with Crippen LogP contribution in [0, 0.1) is 12.8 Å². The second kappa shape index (κ2) is 10.9. The Bertz CT molecular complexity index is 1520. The molecule has 8 heteroatoms. The van der Waals surface area contributed by atoms with Gasteiger partial charge >= 0.3 is 0 Å². The lowest BCUT2D eigenvalue weighted by Gasteiger charge is -2.48. The molecule has 3 heterocycles. The summed E-state index contributed by atoms with van der Waals surface area (Å²) >= 11 is 0. The van der Waals surface area contributed by atoms with Crippen molar-refractivity contribution in [2.24, 2.45) is 5.92 Å². The Morgan fingerprint density at radius 1 is 1.02 bits per heavy atom.